The number of piperidine rings is 1. The van der Waals surface area contributed by atoms with Crippen molar-refractivity contribution < 1.29 is 9.53 Å². The molecule has 2 heterocycles. The van der Waals surface area contributed by atoms with Crippen molar-refractivity contribution in [1.29, 1.82) is 0 Å². The maximum atomic E-state index is 12.3. The van der Waals surface area contributed by atoms with E-state index >= 15 is 0 Å². The van der Waals surface area contributed by atoms with E-state index in [1.165, 1.54) is 0 Å². The summed E-state index contributed by atoms with van der Waals surface area (Å²) in [6.45, 7) is 1.96. The molecule has 1 aliphatic heterocycles. The fourth-order valence-electron chi connectivity index (χ4n) is 2.74. The highest BCUT2D eigenvalue weighted by Gasteiger charge is 2.21. The molecule has 1 unspecified atom stereocenters. The number of anilines is 1. The molecule has 116 valence electrons. The summed E-state index contributed by atoms with van der Waals surface area (Å²) in [7, 11) is 1.60. The van der Waals surface area contributed by atoms with Gasteiger partial charge in [-0.25, -0.2) is 0 Å². The Morgan fingerprint density at radius 3 is 2.86 bits per heavy atom. The van der Waals surface area contributed by atoms with Crippen LogP contribution in [-0.4, -0.2) is 36.3 Å². The molecule has 2 aromatic rings. The molecule has 0 radical (unpaired) electrons. The van der Waals surface area contributed by atoms with Crippen molar-refractivity contribution in [2.24, 2.45) is 0 Å². The van der Waals surface area contributed by atoms with E-state index in [4.69, 9.17) is 4.74 Å². The van der Waals surface area contributed by atoms with Crippen LogP contribution >= 0.6 is 0 Å². The van der Waals surface area contributed by atoms with Crippen LogP contribution < -0.4 is 15.4 Å². The number of nitrogens with one attached hydrogen (secondary N) is 3. The first kappa shape index (κ1) is 14.6. The number of amides is 1. The van der Waals surface area contributed by atoms with Gasteiger partial charge >= 0.3 is 0 Å². The minimum absolute atomic E-state index is 0.144. The normalized spacial score (nSPS) is 18.0. The first-order valence-electron chi connectivity index (χ1n) is 7.47. The van der Waals surface area contributed by atoms with Crippen LogP contribution in [0, 0.1) is 0 Å². The Labute approximate surface area is 129 Å². The van der Waals surface area contributed by atoms with Gasteiger partial charge in [0.25, 0.3) is 5.91 Å². The van der Waals surface area contributed by atoms with Crippen molar-refractivity contribution >= 4 is 11.6 Å². The van der Waals surface area contributed by atoms with Crippen molar-refractivity contribution in [3.05, 3.63) is 41.7 Å². The molecule has 0 saturated carbocycles. The summed E-state index contributed by atoms with van der Waals surface area (Å²) < 4.78 is 5.10. The van der Waals surface area contributed by atoms with Gasteiger partial charge < -0.3 is 15.4 Å². The molecule has 1 fully saturated rings. The monoisotopic (exact) mass is 300 g/mol. The maximum Gasteiger partial charge on any atom is 0.255 e. The minimum Gasteiger partial charge on any atom is -0.497 e. The van der Waals surface area contributed by atoms with E-state index in [1.807, 2.05) is 0 Å². The predicted molar refractivity (Wildman–Crippen MR) is 84.4 cm³/mol. The second-order valence-electron chi connectivity index (χ2n) is 5.42. The highest BCUT2D eigenvalue weighted by molar-refractivity contribution is 6.04. The maximum absolute atomic E-state index is 12.3. The SMILES string of the molecule is COc1ccc(C(=O)Nc2cn[nH]c2C2CCCNC2)cc1. The fourth-order valence-corrected chi connectivity index (χ4v) is 2.74. The molecule has 3 N–H and O–H groups in total. The number of hydrogen-bond acceptors (Lipinski definition) is 4. The van der Waals surface area contributed by atoms with Gasteiger partial charge in [0, 0.05) is 18.0 Å². The largest absolute Gasteiger partial charge is 0.497 e. The van der Waals surface area contributed by atoms with Gasteiger partial charge in [-0.15, -0.1) is 0 Å². The first-order chi connectivity index (χ1) is 10.8. The third-order valence-corrected chi connectivity index (χ3v) is 3.97. The van der Waals surface area contributed by atoms with Gasteiger partial charge in [0.2, 0.25) is 0 Å². The molecule has 1 saturated heterocycles. The molecule has 3 rings (SSSR count). The van der Waals surface area contributed by atoms with Crippen LogP contribution in [0.15, 0.2) is 30.5 Å². The number of carbonyl (C=O) groups excluding carboxylic acids is 1. The van der Waals surface area contributed by atoms with E-state index in [1.54, 1.807) is 37.6 Å². The lowest BCUT2D eigenvalue weighted by Crippen LogP contribution is -2.29. The van der Waals surface area contributed by atoms with Gasteiger partial charge in [0.05, 0.1) is 24.7 Å². The number of ether oxygens (including phenoxy) is 1. The van der Waals surface area contributed by atoms with Crippen molar-refractivity contribution in [3.63, 3.8) is 0 Å². The lowest BCUT2D eigenvalue weighted by Gasteiger charge is -2.22. The van der Waals surface area contributed by atoms with Crippen LogP contribution in [0.2, 0.25) is 0 Å². The lowest BCUT2D eigenvalue weighted by atomic mass is 9.95. The fraction of sp³-hybridized carbons (Fsp3) is 0.375. The summed E-state index contributed by atoms with van der Waals surface area (Å²) in [4.78, 5) is 12.3. The van der Waals surface area contributed by atoms with Gasteiger partial charge in [-0.3, -0.25) is 9.89 Å². The number of nitrogens with zero attached hydrogens (tertiary/aromatic N) is 1. The minimum atomic E-state index is -0.144. The topological polar surface area (TPSA) is 79.0 Å². The summed E-state index contributed by atoms with van der Waals surface area (Å²) in [6.07, 6.45) is 3.90. The summed E-state index contributed by atoms with van der Waals surface area (Å²) >= 11 is 0. The van der Waals surface area contributed by atoms with E-state index in [9.17, 15) is 4.79 Å². The Morgan fingerprint density at radius 2 is 2.18 bits per heavy atom. The van der Waals surface area contributed by atoms with Crippen LogP contribution in [0.4, 0.5) is 5.69 Å². The van der Waals surface area contributed by atoms with Gasteiger partial charge in [-0.2, -0.15) is 5.10 Å². The standard InChI is InChI=1S/C16H20N4O2/c1-22-13-6-4-11(5-7-13)16(21)19-14-10-18-20-15(14)12-3-2-8-17-9-12/h4-7,10,12,17H,2-3,8-9H2,1H3,(H,18,20)(H,19,21). The molecule has 1 atom stereocenters. The number of hydrogen-bond donors (Lipinski definition) is 3. The number of aromatic amines is 1. The third kappa shape index (κ3) is 3.12. The van der Waals surface area contributed by atoms with Crippen molar-refractivity contribution in [2.45, 2.75) is 18.8 Å². The van der Waals surface area contributed by atoms with Crippen LogP contribution in [0.25, 0.3) is 0 Å². The summed E-state index contributed by atoms with van der Waals surface area (Å²) in [5.74, 6) is 0.949. The highest BCUT2D eigenvalue weighted by Crippen LogP contribution is 2.27. The zero-order chi connectivity index (χ0) is 15.4. The molecule has 0 aliphatic carbocycles. The Bertz CT molecular complexity index is 630. The number of H-pyrrole nitrogens is 1. The Kier molecular flexibility index (Phi) is 4.39. The second kappa shape index (κ2) is 6.62. The Hall–Kier alpha value is -2.34. The molecule has 1 aromatic heterocycles. The highest BCUT2D eigenvalue weighted by atomic mass is 16.5. The number of carbonyl (C=O) groups is 1. The number of benzene rings is 1. The first-order valence-corrected chi connectivity index (χ1v) is 7.47. The van der Waals surface area contributed by atoms with E-state index in [0.29, 0.717) is 11.5 Å². The molecule has 0 bridgehead atoms. The number of methoxy groups -OCH3 is 1. The van der Waals surface area contributed by atoms with Gasteiger partial charge in [0.15, 0.2) is 0 Å². The molecule has 0 spiro atoms. The van der Waals surface area contributed by atoms with Gasteiger partial charge in [-0.05, 0) is 43.7 Å². The number of rotatable bonds is 4. The second-order valence-corrected chi connectivity index (χ2v) is 5.42. The van der Waals surface area contributed by atoms with Crippen LogP contribution in [-0.2, 0) is 0 Å². The molecular formula is C16H20N4O2. The van der Waals surface area contributed by atoms with E-state index in [0.717, 1.165) is 43.1 Å². The molecule has 1 aromatic carbocycles. The Balaban J connectivity index is 1.72. The quantitative estimate of drug-likeness (QED) is 0.808. The van der Waals surface area contributed by atoms with Crippen LogP contribution in [0.5, 0.6) is 5.75 Å². The molecule has 22 heavy (non-hydrogen) atoms. The zero-order valence-corrected chi connectivity index (χ0v) is 12.6. The van der Waals surface area contributed by atoms with Crippen molar-refractivity contribution in [1.82, 2.24) is 15.5 Å². The summed E-state index contributed by atoms with van der Waals surface area (Å²) in [5.41, 5.74) is 2.35. The van der Waals surface area contributed by atoms with E-state index < -0.39 is 0 Å². The lowest BCUT2D eigenvalue weighted by molar-refractivity contribution is 0.102. The molecule has 6 nitrogen and oxygen atoms in total. The zero-order valence-electron chi connectivity index (χ0n) is 12.6. The van der Waals surface area contributed by atoms with Crippen LogP contribution in [0.3, 0.4) is 0 Å². The smallest absolute Gasteiger partial charge is 0.255 e. The van der Waals surface area contributed by atoms with Gasteiger partial charge in [-0.1, -0.05) is 0 Å². The van der Waals surface area contributed by atoms with Crippen LogP contribution in [0.1, 0.15) is 34.8 Å². The Morgan fingerprint density at radius 1 is 1.36 bits per heavy atom. The predicted octanol–water partition coefficient (Wildman–Crippen LogP) is 2.14. The molecular weight excluding hydrogens is 280 g/mol. The van der Waals surface area contributed by atoms with Crippen molar-refractivity contribution in [2.75, 3.05) is 25.5 Å². The van der Waals surface area contributed by atoms with Crippen molar-refractivity contribution in [3.8, 4) is 5.75 Å². The average Bonchev–Trinajstić information content (AvgIpc) is 3.04. The summed E-state index contributed by atoms with van der Waals surface area (Å²) in [6, 6.07) is 7.04. The van der Waals surface area contributed by atoms with Gasteiger partial charge in [0.1, 0.15) is 5.75 Å². The van der Waals surface area contributed by atoms with E-state index in [2.05, 4.69) is 20.8 Å². The van der Waals surface area contributed by atoms with E-state index in [-0.39, 0.29) is 5.91 Å². The number of aromatic nitrogens is 2. The summed E-state index contributed by atoms with van der Waals surface area (Å²) in [5, 5.41) is 13.4. The average molecular weight is 300 g/mol. The molecule has 1 amide bonds. The molecule has 1 aliphatic rings. The third-order valence-electron chi connectivity index (χ3n) is 3.97. The molecule has 6 heteroatoms.